The van der Waals surface area contributed by atoms with Crippen LogP contribution in [0, 0.1) is 10.1 Å². The van der Waals surface area contributed by atoms with Crippen LogP contribution in [-0.4, -0.2) is 28.9 Å². The predicted molar refractivity (Wildman–Crippen MR) is 84.9 cm³/mol. The normalized spacial score (nSPS) is 13.0. The van der Waals surface area contributed by atoms with Gasteiger partial charge in [0.2, 0.25) is 5.24 Å². The van der Waals surface area contributed by atoms with Crippen LogP contribution in [0.2, 0.25) is 0 Å². The van der Waals surface area contributed by atoms with E-state index in [0.29, 0.717) is 0 Å². The average molecular weight is 373 g/mol. The zero-order valence-electron chi connectivity index (χ0n) is 12.5. The molecule has 0 spiro atoms. The van der Waals surface area contributed by atoms with E-state index in [9.17, 15) is 23.3 Å². The van der Waals surface area contributed by atoms with Gasteiger partial charge in [-0.1, -0.05) is 12.1 Å². The highest BCUT2D eigenvalue weighted by atomic mass is 35.5. The number of benzene rings is 1. The van der Waals surface area contributed by atoms with E-state index in [1.54, 1.807) is 6.07 Å². The Morgan fingerprint density at radius 1 is 1.33 bits per heavy atom. The molecule has 0 saturated carbocycles. The zero-order chi connectivity index (χ0) is 17.9. The number of nitrogens with zero attached hydrogens (tertiary/aromatic N) is 2. The van der Waals surface area contributed by atoms with Gasteiger partial charge in [-0.2, -0.15) is 4.31 Å². The minimum Gasteiger partial charge on any atom is -0.468 e. The van der Waals surface area contributed by atoms with Gasteiger partial charge in [-0.25, -0.2) is 8.42 Å². The van der Waals surface area contributed by atoms with E-state index in [-0.39, 0.29) is 12.3 Å². The molecule has 1 atom stereocenters. The highest BCUT2D eigenvalue weighted by Crippen LogP contribution is 2.29. The Balaban J connectivity index is 2.55. The van der Waals surface area contributed by atoms with Crippen molar-refractivity contribution in [1.29, 1.82) is 0 Å². The van der Waals surface area contributed by atoms with E-state index in [4.69, 9.17) is 16.0 Å². The second-order valence-electron chi connectivity index (χ2n) is 4.83. The van der Waals surface area contributed by atoms with Crippen LogP contribution in [0.3, 0.4) is 0 Å². The van der Waals surface area contributed by atoms with E-state index in [1.807, 2.05) is 0 Å². The third-order valence-electron chi connectivity index (χ3n) is 3.30. The van der Waals surface area contributed by atoms with Crippen molar-refractivity contribution in [2.75, 3.05) is 0 Å². The Morgan fingerprint density at radius 2 is 2.00 bits per heavy atom. The number of halogens is 1. The lowest BCUT2D eigenvalue weighted by Crippen LogP contribution is -2.41. The van der Waals surface area contributed by atoms with Crippen molar-refractivity contribution in [3.63, 3.8) is 0 Å². The van der Waals surface area contributed by atoms with Gasteiger partial charge in [0, 0.05) is 6.07 Å². The first kappa shape index (κ1) is 18.1. The zero-order valence-corrected chi connectivity index (χ0v) is 14.0. The number of nitro groups is 1. The molecular weight excluding hydrogens is 360 g/mol. The summed E-state index contributed by atoms with van der Waals surface area (Å²) in [7, 11) is -4.37. The lowest BCUT2D eigenvalue weighted by Gasteiger charge is -2.25. The van der Waals surface area contributed by atoms with Crippen LogP contribution in [-0.2, 0) is 21.4 Å². The number of hydrogen-bond donors (Lipinski definition) is 0. The van der Waals surface area contributed by atoms with Crippen molar-refractivity contribution in [2.24, 2.45) is 0 Å². The third-order valence-corrected chi connectivity index (χ3v) is 5.58. The molecule has 8 nitrogen and oxygen atoms in total. The summed E-state index contributed by atoms with van der Waals surface area (Å²) in [6, 6.07) is 6.73. The van der Waals surface area contributed by atoms with Crippen LogP contribution >= 0.6 is 11.6 Å². The Bertz CT molecular complexity index is 850. The molecule has 0 fully saturated rings. The van der Waals surface area contributed by atoms with Crippen molar-refractivity contribution in [3.05, 3.63) is 58.5 Å². The van der Waals surface area contributed by atoms with Gasteiger partial charge in [-0.15, -0.1) is 0 Å². The van der Waals surface area contributed by atoms with Gasteiger partial charge in [0.25, 0.3) is 15.7 Å². The van der Waals surface area contributed by atoms with Gasteiger partial charge in [-0.3, -0.25) is 14.9 Å². The van der Waals surface area contributed by atoms with Gasteiger partial charge >= 0.3 is 0 Å². The summed E-state index contributed by atoms with van der Waals surface area (Å²) in [6.45, 7) is 1.01. The Kier molecular flexibility index (Phi) is 5.37. The number of sulfonamides is 1. The van der Waals surface area contributed by atoms with Crippen molar-refractivity contribution in [2.45, 2.75) is 24.4 Å². The molecule has 10 heteroatoms. The minimum absolute atomic E-state index is 0.266. The van der Waals surface area contributed by atoms with Crippen molar-refractivity contribution >= 4 is 32.6 Å². The van der Waals surface area contributed by atoms with E-state index in [0.717, 1.165) is 16.4 Å². The van der Waals surface area contributed by atoms with Crippen LogP contribution in [0.15, 0.2) is 52.0 Å². The molecule has 2 aromatic rings. The minimum atomic E-state index is -4.37. The molecule has 1 aromatic heterocycles. The topological polar surface area (TPSA) is 111 Å². The van der Waals surface area contributed by atoms with Crippen LogP contribution < -0.4 is 0 Å². The summed E-state index contributed by atoms with van der Waals surface area (Å²) in [4.78, 5) is 21.3. The molecule has 0 aliphatic heterocycles. The monoisotopic (exact) mass is 372 g/mol. The van der Waals surface area contributed by atoms with Crippen LogP contribution in [0.25, 0.3) is 0 Å². The third kappa shape index (κ3) is 3.64. The van der Waals surface area contributed by atoms with Crippen LogP contribution in [0.4, 0.5) is 5.69 Å². The number of rotatable bonds is 7. The molecule has 0 saturated heterocycles. The quantitative estimate of drug-likeness (QED) is 0.419. The Morgan fingerprint density at radius 3 is 2.54 bits per heavy atom. The summed E-state index contributed by atoms with van der Waals surface area (Å²) in [6.07, 6.45) is 1.35. The van der Waals surface area contributed by atoms with E-state index in [1.165, 1.54) is 31.4 Å². The number of carbonyl (C=O) groups excluding carboxylic acids is 1. The van der Waals surface area contributed by atoms with Crippen LogP contribution in [0.5, 0.6) is 0 Å². The summed E-state index contributed by atoms with van der Waals surface area (Å²) >= 11 is 5.45. The van der Waals surface area contributed by atoms with Gasteiger partial charge in [0.1, 0.15) is 5.76 Å². The first-order chi connectivity index (χ1) is 11.2. The number of carbonyl (C=O) groups is 1. The fourth-order valence-electron chi connectivity index (χ4n) is 2.05. The molecule has 1 aromatic carbocycles. The summed E-state index contributed by atoms with van der Waals surface area (Å²) in [5, 5.41) is 10.2. The van der Waals surface area contributed by atoms with Crippen molar-refractivity contribution in [3.8, 4) is 0 Å². The van der Waals surface area contributed by atoms with Gasteiger partial charge in [0.15, 0.2) is 4.90 Å². The first-order valence-electron chi connectivity index (χ1n) is 6.72. The lowest BCUT2D eigenvalue weighted by atomic mass is 10.3. The average Bonchev–Trinajstić information content (AvgIpc) is 3.04. The van der Waals surface area contributed by atoms with E-state index < -0.39 is 36.8 Å². The highest BCUT2D eigenvalue weighted by molar-refractivity contribution is 7.89. The maximum atomic E-state index is 12.9. The molecule has 1 heterocycles. The molecule has 0 radical (unpaired) electrons. The van der Waals surface area contributed by atoms with Gasteiger partial charge in [-0.05, 0) is 36.7 Å². The van der Waals surface area contributed by atoms with E-state index in [2.05, 4.69) is 0 Å². The summed E-state index contributed by atoms with van der Waals surface area (Å²) < 4.78 is 31.7. The second-order valence-corrected chi connectivity index (χ2v) is 7.07. The predicted octanol–water partition coefficient (Wildman–Crippen LogP) is 2.53. The summed E-state index contributed by atoms with van der Waals surface area (Å²) in [5.41, 5.74) is -0.587. The van der Waals surface area contributed by atoms with Gasteiger partial charge in [0.05, 0.1) is 23.8 Å². The smallest absolute Gasteiger partial charge is 0.289 e. The number of nitro benzene ring substituents is 1. The largest absolute Gasteiger partial charge is 0.468 e. The number of furan rings is 1. The Labute approximate surface area is 142 Å². The highest BCUT2D eigenvalue weighted by Gasteiger charge is 2.37. The lowest BCUT2D eigenvalue weighted by molar-refractivity contribution is -0.387. The van der Waals surface area contributed by atoms with Crippen LogP contribution in [0.1, 0.15) is 12.7 Å². The molecule has 0 amide bonds. The van der Waals surface area contributed by atoms with Crippen molar-refractivity contribution < 1.29 is 22.6 Å². The first-order valence-corrected chi connectivity index (χ1v) is 8.54. The molecular formula is C14H13ClN2O6S. The van der Waals surface area contributed by atoms with Crippen molar-refractivity contribution in [1.82, 2.24) is 4.31 Å². The Hall–Kier alpha value is -2.23. The summed E-state index contributed by atoms with van der Waals surface area (Å²) in [5.74, 6) is 0.266. The van der Waals surface area contributed by atoms with Gasteiger partial charge < -0.3 is 4.42 Å². The molecule has 0 bridgehead atoms. The molecule has 24 heavy (non-hydrogen) atoms. The maximum absolute atomic E-state index is 12.9. The fourth-order valence-corrected chi connectivity index (χ4v) is 3.95. The number of hydrogen-bond acceptors (Lipinski definition) is 6. The van der Waals surface area contributed by atoms with E-state index >= 15 is 0 Å². The molecule has 2 rings (SSSR count). The second kappa shape index (κ2) is 7.12. The molecule has 128 valence electrons. The molecule has 0 aliphatic rings. The number of para-hydroxylation sites is 1. The molecule has 0 N–H and O–H groups in total. The standard InChI is InChI=1S/C14H13ClN2O6S/c1-10(14(15)18)16(9-11-5-4-8-23-11)24(21,22)13-7-3-2-6-12(13)17(19)20/h2-8,10H,9H2,1H3. The fraction of sp³-hybridized carbons (Fsp3) is 0.214. The maximum Gasteiger partial charge on any atom is 0.289 e. The molecule has 0 aliphatic carbocycles. The molecule has 1 unspecified atom stereocenters. The SMILES string of the molecule is CC(C(=O)Cl)N(Cc1ccco1)S(=O)(=O)c1ccccc1[N+](=O)[O-].